The van der Waals surface area contributed by atoms with Gasteiger partial charge in [-0.3, -0.25) is 10.1 Å². The predicted octanol–water partition coefficient (Wildman–Crippen LogP) is 6.10. The first-order valence-corrected chi connectivity index (χ1v) is 13.3. The minimum atomic E-state index is -4.75. The van der Waals surface area contributed by atoms with Gasteiger partial charge in [0, 0.05) is 12.6 Å². The zero-order valence-corrected chi connectivity index (χ0v) is 21.3. The van der Waals surface area contributed by atoms with E-state index in [0.29, 0.717) is 34.0 Å². The molecular formula is C23H28F3N3O5S2. The monoisotopic (exact) mass is 547 g/mol. The third-order valence-electron chi connectivity index (χ3n) is 5.59. The van der Waals surface area contributed by atoms with E-state index in [1.54, 1.807) is 11.1 Å². The van der Waals surface area contributed by atoms with Gasteiger partial charge in [0.25, 0.3) is 0 Å². The fraction of sp³-hybridized carbons (Fsp3) is 0.522. The summed E-state index contributed by atoms with van der Waals surface area (Å²) < 4.78 is 47.1. The molecule has 0 unspecified atom stereocenters. The highest BCUT2D eigenvalue weighted by Gasteiger charge is 2.31. The summed E-state index contributed by atoms with van der Waals surface area (Å²) in [6.45, 7) is 2.91. The lowest BCUT2D eigenvalue weighted by atomic mass is 9.86. The zero-order chi connectivity index (χ0) is 26.1. The number of urea groups is 1. The number of hydrogen-bond donors (Lipinski definition) is 2. The molecule has 0 bridgehead atoms. The van der Waals surface area contributed by atoms with Crippen LogP contribution in [0, 0.1) is 5.92 Å². The molecular weight excluding hydrogens is 519 g/mol. The molecule has 0 saturated heterocycles. The van der Waals surface area contributed by atoms with Gasteiger partial charge in [0.1, 0.15) is 11.5 Å². The van der Waals surface area contributed by atoms with Gasteiger partial charge in [-0.25, -0.2) is 9.78 Å². The van der Waals surface area contributed by atoms with Crippen LogP contribution >= 0.6 is 23.1 Å². The van der Waals surface area contributed by atoms with Crippen LogP contribution in [0.2, 0.25) is 0 Å². The van der Waals surface area contributed by atoms with Crippen LogP contribution in [-0.2, 0) is 4.79 Å². The van der Waals surface area contributed by atoms with Crippen LogP contribution < -0.4 is 14.8 Å². The van der Waals surface area contributed by atoms with Crippen molar-refractivity contribution < 1.29 is 37.3 Å². The van der Waals surface area contributed by atoms with Crippen LogP contribution in [-0.4, -0.2) is 58.3 Å². The van der Waals surface area contributed by atoms with E-state index in [1.807, 2.05) is 0 Å². The molecule has 13 heteroatoms. The van der Waals surface area contributed by atoms with Crippen molar-refractivity contribution in [3.8, 4) is 11.5 Å². The number of amides is 2. The lowest BCUT2D eigenvalue weighted by Gasteiger charge is -2.36. The van der Waals surface area contributed by atoms with Gasteiger partial charge in [-0.1, -0.05) is 18.3 Å². The molecule has 1 aromatic heterocycles. The first kappa shape index (κ1) is 27.9. The number of aliphatic carboxylic acids is 1. The fourth-order valence-electron chi connectivity index (χ4n) is 3.85. The number of anilines is 1. The first-order chi connectivity index (χ1) is 17.1. The van der Waals surface area contributed by atoms with E-state index >= 15 is 0 Å². The Morgan fingerprint density at radius 3 is 2.50 bits per heavy atom. The molecule has 2 N–H and O–H groups in total. The van der Waals surface area contributed by atoms with Crippen molar-refractivity contribution in [3.05, 3.63) is 30.5 Å². The van der Waals surface area contributed by atoms with Crippen LogP contribution in [0.25, 0.3) is 0 Å². The van der Waals surface area contributed by atoms with Crippen molar-refractivity contribution >= 4 is 40.2 Å². The zero-order valence-electron chi connectivity index (χ0n) is 19.6. The van der Waals surface area contributed by atoms with Crippen LogP contribution in [0.1, 0.15) is 39.0 Å². The highest BCUT2D eigenvalue weighted by atomic mass is 32.2. The van der Waals surface area contributed by atoms with E-state index < -0.39 is 12.3 Å². The number of nitrogens with one attached hydrogen (secondary N) is 1. The van der Waals surface area contributed by atoms with Gasteiger partial charge in [0.05, 0.1) is 22.8 Å². The summed E-state index contributed by atoms with van der Waals surface area (Å²) in [6.07, 6.45) is 1.18. The van der Waals surface area contributed by atoms with Gasteiger partial charge in [-0.15, -0.1) is 24.9 Å². The van der Waals surface area contributed by atoms with Gasteiger partial charge in [-0.2, -0.15) is 0 Å². The number of halogens is 3. The molecule has 1 heterocycles. The highest BCUT2D eigenvalue weighted by Crippen LogP contribution is 2.30. The van der Waals surface area contributed by atoms with Crippen LogP contribution in [0.3, 0.4) is 0 Å². The maximum absolute atomic E-state index is 13.1. The number of benzene rings is 1. The number of alkyl halides is 3. The molecule has 0 radical (unpaired) electrons. The van der Waals surface area contributed by atoms with Crippen molar-refractivity contribution in [1.29, 1.82) is 0 Å². The number of rotatable bonds is 11. The molecule has 3 rings (SSSR count). The third-order valence-corrected chi connectivity index (χ3v) is 7.68. The van der Waals surface area contributed by atoms with Crippen molar-refractivity contribution in [2.75, 3.05) is 24.2 Å². The van der Waals surface area contributed by atoms with E-state index in [1.165, 1.54) is 35.6 Å². The van der Waals surface area contributed by atoms with Gasteiger partial charge in [-0.05, 0) is 62.3 Å². The number of carbonyl (C=O) groups is 2. The summed E-state index contributed by atoms with van der Waals surface area (Å²) in [7, 11) is 0. The summed E-state index contributed by atoms with van der Waals surface area (Å²) in [5.41, 5.74) is 0. The molecule has 1 fully saturated rings. The van der Waals surface area contributed by atoms with Crippen molar-refractivity contribution in [2.24, 2.45) is 5.92 Å². The molecule has 2 aromatic rings. The van der Waals surface area contributed by atoms with E-state index in [9.17, 15) is 22.8 Å². The SMILES string of the molecule is C[C@H]1CC[C@H](N(CCCOc2ccc(OC(F)(F)F)cc2)C(=O)Nc2ncc(SCC(=O)O)s2)CC1. The molecule has 198 valence electrons. The summed E-state index contributed by atoms with van der Waals surface area (Å²) in [5, 5.41) is 12.1. The number of nitrogens with zero attached hydrogens (tertiary/aromatic N) is 2. The molecule has 1 aliphatic carbocycles. The minimum Gasteiger partial charge on any atom is -0.494 e. The Labute approximate surface area is 215 Å². The van der Waals surface area contributed by atoms with Crippen LogP contribution in [0.4, 0.5) is 23.1 Å². The second-order valence-electron chi connectivity index (χ2n) is 8.43. The van der Waals surface area contributed by atoms with Gasteiger partial charge in [0.15, 0.2) is 5.13 Å². The van der Waals surface area contributed by atoms with Gasteiger partial charge >= 0.3 is 18.4 Å². The van der Waals surface area contributed by atoms with E-state index in [-0.39, 0.29) is 30.2 Å². The molecule has 0 atom stereocenters. The van der Waals surface area contributed by atoms with E-state index in [2.05, 4.69) is 22.0 Å². The van der Waals surface area contributed by atoms with Crippen LogP contribution in [0.5, 0.6) is 11.5 Å². The third kappa shape index (κ3) is 9.41. The van der Waals surface area contributed by atoms with E-state index in [4.69, 9.17) is 9.84 Å². The largest absolute Gasteiger partial charge is 0.573 e. The average Bonchev–Trinajstić information content (AvgIpc) is 3.26. The molecule has 0 spiro atoms. The molecule has 1 aromatic carbocycles. The Hall–Kier alpha value is -2.67. The number of carbonyl (C=O) groups excluding carboxylic acids is 1. The molecule has 0 aliphatic heterocycles. The Balaban J connectivity index is 1.53. The smallest absolute Gasteiger partial charge is 0.494 e. The summed E-state index contributed by atoms with van der Waals surface area (Å²) in [5.74, 6) is -0.312. The lowest BCUT2D eigenvalue weighted by molar-refractivity contribution is -0.274. The number of carboxylic acids is 1. The minimum absolute atomic E-state index is 0.0833. The quantitative estimate of drug-likeness (QED) is 0.259. The Morgan fingerprint density at radius 2 is 1.86 bits per heavy atom. The first-order valence-electron chi connectivity index (χ1n) is 11.5. The van der Waals surface area contributed by atoms with Gasteiger partial charge in [0.2, 0.25) is 0 Å². The fourth-order valence-corrected chi connectivity index (χ4v) is 5.43. The summed E-state index contributed by atoms with van der Waals surface area (Å²) in [6, 6.07) is 4.98. The highest BCUT2D eigenvalue weighted by molar-refractivity contribution is 8.01. The lowest BCUT2D eigenvalue weighted by Crippen LogP contribution is -2.45. The summed E-state index contributed by atoms with van der Waals surface area (Å²) in [4.78, 5) is 29.8. The van der Waals surface area contributed by atoms with Crippen molar-refractivity contribution in [3.63, 3.8) is 0 Å². The Bertz CT molecular complexity index is 996. The van der Waals surface area contributed by atoms with E-state index in [0.717, 1.165) is 37.4 Å². The van der Waals surface area contributed by atoms with Crippen molar-refractivity contribution in [1.82, 2.24) is 9.88 Å². The normalized spacial score (nSPS) is 17.9. The topological polar surface area (TPSA) is 101 Å². The number of hydrogen-bond acceptors (Lipinski definition) is 7. The second kappa shape index (κ2) is 13.0. The Morgan fingerprint density at radius 1 is 1.19 bits per heavy atom. The number of carboxylic acid groups (broad SMARTS) is 1. The van der Waals surface area contributed by atoms with Crippen LogP contribution in [0.15, 0.2) is 34.7 Å². The molecule has 8 nitrogen and oxygen atoms in total. The molecule has 2 amide bonds. The summed E-state index contributed by atoms with van der Waals surface area (Å²) >= 11 is 2.37. The number of aromatic nitrogens is 1. The predicted molar refractivity (Wildman–Crippen MR) is 131 cm³/mol. The molecule has 1 saturated carbocycles. The molecule has 36 heavy (non-hydrogen) atoms. The van der Waals surface area contributed by atoms with Crippen molar-refractivity contribution in [2.45, 2.75) is 55.6 Å². The maximum atomic E-state index is 13.1. The molecule has 1 aliphatic rings. The Kier molecular flexibility index (Phi) is 10.1. The number of thioether (sulfide) groups is 1. The number of thiazole rings is 1. The van der Waals surface area contributed by atoms with Gasteiger partial charge < -0.3 is 19.5 Å². The maximum Gasteiger partial charge on any atom is 0.573 e. The standard InChI is InChI=1S/C23H28F3N3O5S2/c1-15-3-5-16(6-4-15)29(22(32)28-21-27-13-20(36-21)35-14-19(30)31)11-2-12-33-17-7-9-18(10-8-17)34-23(24,25)26/h7-10,13,15-16H,2-6,11-12,14H2,1H3,(H,30,31)(H,27,28,32)/t15-,16-. The number of ether oxygens (including phenoxy) is 2. The average molecular weight is 548 g/mol. The second-order valence-corrected chi connectivity index (χ2v) is 10.7.